The number of nitrogens with two attached hydrogens (primary N) is 1. The number of halogens is 1. The van der Waals surface area contributed by atoms with Crippen LogP contribution in [0.2, 0.25) is 5.02 Å². The molecule has 2 amide bonds. The van der Waals surface area contributed by atoms with Crippen LogP contribution in [0.3, 0.4) is 0 Å². The van der Waals surface area contributed by atoms with E-state index in [1.807, 2.05) is 18.2 Å². The highest BCUT2D eigenvalue weighted by Crippen LogP contribution is 2.29. The summed E-state index contributed by atoms with van der Waals surface area (Å²) in [7, 11) is 0. The summed E-state index contributed by atoms with van der Waals surface area (Å²) in [5.74, 6) is 0.190. The standard InChI is InChI=1S/C16H18ClN5O2/c17-11-3-1-2-4-13(11)22-10-5-12(16(22)24)19-15-7-9-21(20-15)8-6-14(18)23/h1-4,7,9,12H,5-6,8,10H2,(H2,18,23)(H,19,20)/t12-/m1/s1. The van der Waals surface area contributed by atoms with Crippen molar-refractivity contribution in [1.82, 2.24) is 9.78 Å². The number of carbonyl (C=O) groups excluding carboxylic acids is 2. The third-order valence-electron chi connectivity index (χ3n) is 3.90. The van der Waals surface area contributed by atoms with Crippen molar-refractivity contribution < 1.29 is 9.59 Å². The van der Waals surface area contributed by atoms with Crippen LogP contribution in [-0.2, 0) is 16.1 Å². The van der Waals surface area contributed by atoms with Crippen molar-refractivity contribution in [2.24, 2.45) is 5.73 Å². The lowest BCUT2D eigenvalue weighted by molar-refractivity contribution is -0.118. The van der Waals surface area contributed by atoms with Crippen molar-refractivity contribution in [1.29, 1.82) is 0 Å². The number of anilines is 2. The maximum atomic E-state index is 12.6. The molecule has 1 atom stereocenters. The molecule has 1 aromatic heterocycles. The van der Waals surface area contributed by atoms with Gasteiger partial charge in [0.15, 0.2) is 0 Å². The molecule has 0 bridgehead atoms. The number of para-hydroxylation sites is 1. The molecular formula is C16H18ClN5O2. The summed E-state index contributed by atoms with van der Waals surface area (Å²) in [6.45, 7) is 1.02. The molecule has 1 aromatic carbocycles. The van der Waals surface area contributed by atoms with Gasteiger partial charge in [-0.15, -0.1) is 0 Å². The van der Waals surface area contributed by atoms with Crippen molar-refractivity contribution in [3.63, 3.8) is 0 Å². The number of hydrogen-bond acceptors (Lipinski definition) is 4. The summed E-state index contributed by atoms with van der Waals surface area (Å²) in [6.07, 6.45) is 2.64. The number of aryl methyl sites for hydroxylation is 1. The zero-order valence-corrected chi connectivity index (χ0v) is 13.7. The van der Waals surface area contributed by atoms with Crippen molar-refractivity contribution in [2.75, 3.05) is 16.8 Å². The highest BCUT2D eigenvalue weighted by Gasteiger charge is 2.33. The van der Waals surface area contributed by atoms with Crippen LogP contribution < -0.4 is 16.0 Å². The van der Waals surface area contributed by atoms with E-state index in [0.29, 0.717) is 30.4 Å². The molecule has 0 unspecified atom stereocenters. The molecule has 1 fully saturated rings. The maximum Gasteiger partial charge on any atom is 0.249 e. The van der Waals surface area contributed by atoms with Crippen molar-refractivity contribution in [3.8, 4) is 0 Å². The lowest BCUT2D eigenvalue weighted by atomic mass is 10.2. The summed E-state index contributed by atoms with van der Waals surface area (Å²) in [5, 5.41) is 7.99. The minimum absolute atomic E-state index is 0.0326. The van der Waals surface area contributed by atoms with Gasteiger partial charge < -0.3 is 16.0 Å². The average molecular weight is 348 g/mol. The zero-order chi connectivity index (χ0) is 17.1. The Morgan fingerprint density at radius 1 is 1.38 bits per heavy atom. The smallest absolute Gasteiger partial charge is 0.249 e. The number of hydrogen-bond donors (Lipinski definition) is 2. The molecule has 1 saturated heterocycles. The summed E-state index contributed by atoms with van der Waals surface area (Å²) >= 11 is 6.17. The van der Waals surface area contributed by atoms with E-state index in [4.69, 9.17) is 17.3 Å². The molecule has 8 heteroatoms. The average Bonchev–Trinajstić information content (AvgIpc) is 3.14. The zero-order valence-electron chi connectivity index (χ0n) is 13.0. The molecule has 1 aliphatic heterocycles. The summed E-state index contributed by atoms with van der Waals surface area (Å²) in [5.41, 5.74) is 5.85. The first-order valence-corrected chi connectivity index (χ1v) is 8.06. The molecule has 0 saturated carbocycles. The summed E-state index contributed by atoms with van der Waals surface area (Å²) < 4.78 is 1.62. The molecule has 3 rings (SSSR count). The van der Waals surface area contributed by atoms with E-state index in [9.17, 15) is 9.59 Å². The Labute approximate surface area is 144 Å². The summed E-state index contributed by atoms with van der Waals surface area (Å²) in [4.78, 5) is 25.1. The summed E-state index contributed by atoms with van der Waals surface area (Å²) in [6, 6.07) is 8.72. The second-order valence-electron chi connectivity index (χ2n) is 5.61. The SMILES string of the molecule is NC(=O)CCn1ccc(N[C@@H]2CCN(c3ccccc3Cl)C2=O)n1. The van der Waals surface area contributed by atoms with Gasteiger partial charge >= 0.3 is 0 Å². The van der Waals surface area contributed by atoms with Gasteiger partial charge in [-0.2, -0.15) is 5.10 Å². The Hall–Kier alpha value is -2.54. The Bertz CT molecular complexity index is 760. The first kappa shape index (κ1) is 16.3. The van der Waals surface area contributed by atoms with E-state index in [1.54, 1.807) is 27.9 Å². The van der Waals surface area contributed by atoms with Crippen LogP contribution >= 0.6 is 11.6 Å². The van der Waals surface area contributed by atoms with Crippen LogP contribution in [0.25, 0.3) is 0 Å². The minimum atomic E-state index is -0.374. The van der Waals surface area contributed by atoms with Crippen molar-refractivity contribution in [2.45, 2.75) is 25.4 Å². The Morgan fingerprint density at radius 3 is 2.92 bits per heavy atom. The number of nitrogens with one attached hydrogen (secondary N) is 1. The van der Waals surface area contributed by atoms with E-state index < -0.39 is 0 Å². The first-order valence-electron chi connectivity index (χ1n) is 7.69. The molecule has 2 heterocycles. The fraction of sp³-hybridized carbons (Fsp3) is 0.312. The van der Waals surface area contributed by atoms with Crippen molar-refractivity contribution in [3.05, 3.63) is 41.6 Å². The molecule has 0 radical (unpaired) electrons. The largest absolute Gasteiger partial charge is 0.370 e. The molecule has 3 N–H and O–H groups in total. The topological polar surface area (TPSA) is 93.3 Å². The highest BCUT2D eigenvalue weighted by atomic mass is 35.5. The lowest BCUT2D eigenvalue weighted by Gasteiger charge is -2.18. The highest BCUT2D eigenvalue weighted by molar-refractivity contribution is 6.34. The maximum absolute atomic E-state index is 12.6. The molecule has 0 spiro atoms. The van der Waals surface area contributed by atoms with Gasteiger partial charge in [0.05, 0.1) is 10.7 Å². The van der Waals surface area contributed by atoms with E-state index >= 15 is 0 Å². The Kier molecular flexibility index (Phi) is 4.71. The molecule has 1 aliphatic rings. The number of rotatable bonds is 6. The second-order valence-corrected chi connectivity index (χ2v) is 6.01. The normalized spacial score (nSPS) is 17.3. The van der Waals surface area contributed by atoms with Crippen LogP contribution in [-0.4, -0.2) is 34.2 Å². The predicted octanol–water partition coefficient (Wildman–Crippen LogP) is 1.63. The van der Waals surface area contributed by atoms with Gasteiger partial charge in [0.25, 0.3) is 0 Å². The van der Waals surface area contributed by atoms with Crippen molar-refractivity contribution >= 4 is 34.9 Å². The van der Waals surface area contributed by atoms with Crippen LogP contribution in [0.4, 0.5) is 11.5 Å². The molecular weight excluding hydrogens is 330 g/mol. The molecule has 0 aliphatic carbocycles. The lowest BCUT2D eigenvalue weighted by Crippen LogP contribution is -2.33. The fourth-order valence-corrected chi connectivity index (χ4v) is 2.93. The van der Waals surface area contributed by atoms with Gasteiger partial charge in [0, 0.05) is 31.8 Å². The molecule has 2 aromatic rings. The quantitative estimate of drug-likeness (QED) is 0.830. The van der Waals surface area contributed by atoms with E-state index in [2.05, 4.69) is 10.4 Å². The van der Waals surface area contributed by atoms with Crippen LogP contribution in [0.1, 0.15) is 12.8 Å². The number of aromatic nitrogens is 2. The predicted molar refractivity (Wildman–Crippen MR) is 91.9 cm³/mol. The number of amides is 2. The van der Waals surface area contributed by atoms with E-state index in [-0.39, 0.29) is 24.3 Å². The molecule has 7 nitrogen and oxygen atoms in total. The Balaban J connectivity index is 1.64. The monoisotopic (exact) mass is 347 g/mol. The van der Waals surface area contributed by atoms with Gasteiger partial charge in [-0.1, -0.05) is 23.7 Å². The van der Waals surface area contributed by atoms with Crippen LogP contribution in [0, 0.1) is 0 Å². The van der Waals surface area contributed by atoms with Crippen LogP contribution in [0.15, 0.2) is 36.5 Å². The third kappa shape index (κ3) is 3.51. The van der Waals surface area contributed by atoms with Gasteiger partial charge in [0.2, 0.25) is 11.8 Å². The number of nitrogens with zero attached hydrogens (tertiary/aromatic N) is 3. The molecule has 24 heavy (non-hydrogen) atoms. The minimum Gasteiger partial charge on any atom is -0.370 e. The van der Waals surface area contributed by atoms with Gasteiger partial charge in [-0.3, -0.25) is 14.3 Å². The van der Waals surface area contributed by atoms with Gasteiger partial charge in [-0.05, 0) is 18.6 Å². The number of carbonyl (C=O) groups is 2. The van der Waals surface area contributed by atoms with Crippen LogP contribution in [0.5, 0.6) is 0 Å². The molecule has 126 valence electrons. The van der Waals surface area contributed by atoms with Gasteiger partial charge in [0.1, 0.15) is 11.9 Å². The third-order valence-corrected chi connectivity index (χ3v) is 4.22. The second kappa shape index (κ2) is 6.92. The first-order chi connectivity index (χ1) is 11.5. The number of primary amides is 1. The van der Waals surface area contributed by atoms with E-state index in [0.717, 1.165) is 5.69 Å². The van der Waals surface area contributed by atoms with E-state index in [1.165, 1.54) is 0 Å². The number of benzene rings is 1. The Morgan fingerprint density at radius 2 is 2.17 bits per heavy atom. The van der Waals surface area contributed by atoms with Gasteiger partial charge in [-0.25, -0.2) is 0 Å². The fourth-order valence-electron chi connectivity index (χ4n) is 2.69.